The van der Waals surface area contributed by atoms with Crippen molar-refractivity contribution >= 4 is 16.1 Å². The zero-order chi connectivity index (χ0) is 26.9. The van der Waals surface area contributed by atoms with E-state index in [0.717, 1.165) is 42.4 Å². The third-order valence-electron chi connectivity index (χ3n) is 8.91. The highest BCUT2D eigenvalue weighted by molar-refractivity contribution is 7.87. The molecule has 1 amide bonds. The number of halogens is 3. The molecule has 9 nitrogen and oxygen atoms in total. The summed E-state index contributed by atoms with van der Waals surface area (Å²) in [4.78, 5) is 18.1. The summed E-state index contributed by atoms with van der Waals surface area (Å²) in [6.07, 6.45) is -0.380. The molecule has 0 radical (unpaired) electrons. The van der Waals surface area contributed by atoms with Crippen LogP contribution in [0.2, 0.25) is 0 Å². The van der Waals surface area contributed by atoms with E-state index in [2.05, 4.69) is 14.9 Å². The minimum Gasteiger partial charge on any atom is -0.343 e. The Balaban J connectivity index is 1.22. The third kappa shape index (κ3) is 4.51. The summed E-state index contributed by atoms with van der Waals surface area (Å²) in [7, 11) is -4.22. The van der Waals surface area contributed by atoms with E-state index >= 15 is 0 Å². The van der Waals surface area contributed by atoms with Gasteiger partial charge in [-0.25, -0.2) is 0 Å². The van der Waals surface area contributed by atoms with E-state index in [0.29, 0.717) is 42.0 Å². The Morgan fingerprint density at radius 3 is 2.47 bits per heavy atom. The SMILES string of the molecule is CC(=O)N1CCC(c2noc(-c3ccc4c(c3)C[C@H]3CC[C@@H](C4)[C@]34CN(CC(F)(F)F)S(=O)(=O)N4)n2)CC1. The molecule has 3 heterocycles. The average molecular weight is 554 g/mol. The molecular formula is C25H30F3N5O4S. The summed E-state index contributed by atoms with van der Waals surface area (Å²) in [5, 5.41) is 4.20. The summed E-state index contributed by atoms with van der Waals surface area (Å²) in [5.74, 6) is 1.02. The van der Waals surface area contributed by atoms with E-state index in [1.54, 1.807) is 6.92 Å². The quantitative estimate of drug-likeness (QED) is 0.626. The first-order valence-corrected chi connectivity index (χ1v) is 14.4. The highest BCUT2D eigenvalue weighted by Crippen LogP contribution is 2.50. The van der Waals surface area contributed by atoms with Gasteiger partial charge in [-0.15, -0.1) is 0 Å². The summed E-state index contributed by atoms with van der Waals surface area (Å²) >= 11 is 0. The van der Waals surface area contributed by atoms with Crippen molar-refractivity contribution in [1.82, 2.24) is 24.1 Å². The highest BCUT2D eigenvalue weighted by Gasteiger charge is 2.60. The fourth-order valence-corrected chi connectivity index (χ4v) is 8.66. The Bertz CT molecular complexity index is 1350. The molecule has 2 saturated heterocycles. The molecule has 2 aliphatic carbocycles. The third-order valence-corrected chi connectivity index (χ3v) is 10.5. The van der Waals surface area contributed by atoms with Gasteiger partial charge in [-0.2, -0.15) is 35.6 Å². The molecule has 206 valence electrons. The van der Waals surface area contributed by atoms with Gasteiger partial charge in [0, 0.05) is 38.0 Å². The van der Waals surface area contributed by atoms with E-state index < -0.39 is 28.5 Å². The van der Waals surface area contributed by atoms with E-state index in [9.17, 15) is 26.4 Å². The Morgan fingerprint density at radius 2 is 1.82 bits per heavy atom. The number of fused-ring (bicyclic) bond motifs is 1. The van der Waals surface area contributed by atoms with E-state index in [4.69, 9.17) is 4.52 Å². The highest BCUT2D eigenvalue weighted by atomic mass is 32.2. The van der Waals surface area contributed by atoms with Crippen molar-refractivity contribution in [2.24, 2.45) is 11.8 Å². The van der Waals surface area contributed by atoms with Crippen LogP contribution < -0.4 is 4.72 Å². The van der Waals surface area contributed by atoms with Crippen LogP contribution in [0.25, 0.3) is 11.5 Å². The van der Waals surface area contributed by atoms with Crippen LogP contribution in [-0.4, -0.2) is 71.6 Å². The number of nitrogens with zero attached hydrogens (tertiary/aromatic N) is 4. The van der Waals surface area contributed by atoms with Crippen molar-refractivity contribution in [3.63, 3.8) is 0 Å². The van der Waals surface area contributed by atoms with Gasteiger partial charge >= 0.3 is 6.18 Å². The first kappa shape index (κ1) is 25.8. The number of carbonyl (C=O) groups is 1. The lowest BCUT2D eigenvalue weighted by Gasteiger charge is -2.33. The predicted molar refractivity (Wildman–Crippen MR) is 130 cm³/mol. The van der Waals surface area contributed by atoms with Crippen molar-refractivity contribution < 1.29 is 30.9 Å². The van der Waals surface area contributed by atoms with E-state index in [1.807, 2.05) is 23.1 Å². The molecule has 3 atom stereocenters. The molecular weight excluding hydrogens is 523 g/mol. The molecule has 38 heavy (non-hydrogen) atoms. The second-order valence-electron chi connectivity index (χ2n) is 11.1. The minimum atomic E-state index is -4.60. The number of hydrogen-bond acceptors (Lipinski definition) is 6. The number of likely N-dealkylation sites (tertiary alicyclic amines) is 1. The van der Waals surface area contributed by atoms with Gasteiger partial charge in [0.1, 0.15) is 6.54 Å². The number of alkyl halides is 3. The smallest absolute Gasteiger partial charge is 0.343 e. The number of nitrogens with one attached hydrogen (secondary N) is 1. The van der Waals surface area contributed by atoms with Crippen molar-refractivity contribution in [3.8, 4) is 11.5 Å². The van der Waals surface area contributed by atoms with Gasteiger partial charge in [0.05, 0.1) is 5.54 Å². The molecule has 0 unspecified atom stereocenters. The Labute approximate surface area is 218 Å². The zero-order valence-electron chi connectivity index (χ0n) is 21.0. The maximum absolute atomic E-state index is 13.1. The Morgan fingerprint density at radius 1 is 1.13 bits per heavy atom. The van der Waals surface area contributed by atoms with Crippen molar-refractivity contribution in [2.45, 2.75) is 63.1 Å². The number of hydrogen-bond donors (Lipinski definition) is 1. The van der Waals surface area contributed by atoms with Crippen LogP contribution in [0.5, 0.6) is 0 Å². The number of benzene rings is 1. The lowest BCUT2D eigenvalue weighted by molar-refractivity contribution is -0.136. The first-order chi connectivity index (χ1) is 17.9. The van der Waals surface area contributed by atoms with Gasteiger partial charge in [0.2, 0.25) is 5.91 Å². The first-order valence-electron chi connectivity index (χ1n) is 13.0. The summed E-state index contributed by atoms with van der Waals surface area (Å²) in [5.41, 5.74) is 1.97. The molecule has 1 N–H and O–H groups in total. The van der Waals surface area contributed by atoms with Crippen molar-refractivity contribution in [2.75, 3.05) is 26.2 Å². The second kappa shape index (κ2) is 9.02. The monoisotopic (exact) mass is 553 g/mol. The van der Waals surface area contributed by atoms with Crippen LogP contribution in [0.4, 0.5) is 13.2 Å². The summed E-state index contributed by atoms with van der Waals surface area (Å²) in [6.45, 7) is 1.25. The molecule has 4 aliphatic rings. The predicted octanol–water partition coefficient (Wildman–Crippen LogP) is 3.04. The number of rotatable bonds is 3. The average Bonchev–Trinajstić information content (AvgIpc) is 3.48. The van der Waals surface area contributed by atoms with Crippen LogP contribution in [0.1, 0.15) is 55.5 Å². The fraction of sp³-hybridized carbons (Fsp3) is 0.640. The van der Waals surface area contributed by atoms with E-state index in [1.165, 1.54) is 0 Å². The van der Waals surface area contributed by atoms with Crippen LogP contribution in [0, 0.1) is 11.8 Å². The maximum Gasteiger partial charge on any atom is 0.402 e. The Kier molecular flexibility index (Phi) is 6.11. The lowest BCUT2D eigenvalue weighted by atomic mass is 9.79. The molecule has 2 aromatic rings. The largest absolute Gasteiger partial charge is 0.402 e. The molecule has 13 heteroatoms. The molecule has 1 spiro atoms. The molecule has 2 bridgehead atoms. The fourth-order valence-electron chi connectivity index (χ4n) is 6.95. The van der Waals surface area contributed by atoms with Gasteiger partial charge in [-0.05, 0) is 73.6 Å². The summed E-state index contributed by atoms with van der Waals surface area (Å²) < 4.78 is 73.6. The topological polar surface area (TPSA) is 109 Å². The normalized spacial score (nSPS) is 29.5. The zero-order valence-corrected chi connectivity index (χ0v) is 21.8. The second-order valence-corrected chi connectivity index (χ2v) is 12.8. The van der Waals surface area contributed by atoms with Crippen LogP contribution in [0.3, 0.4) is 0 Å². The molecule has 1 aromatic carbocycles. The van der Waals surface area contributed by atoms with E-state index in [-0.39, 0.29) is 30.2 Å². The number of amides is 1. The van der Waals surface area contributed by atoms with Crippen LogP contribution in [0.15, 0.2) is 22.7 Å². The van der Waals surface area contributed by atoms with Gasteiger partial charge in [-0.1, -0.05) is 11.2 Å². The van der Waals surface area contributed by atoms with Gasteiger partial charge in [0.15, 0.2) is 5.82 Å². The van der Waals surface area contributed by atoms with Crippen molar-refractivity contribution in [1.29, 1.82) is 0 Å². The standard InChI is InChI=1S/C25H30F3N5O4S/c1-15(34)32-8-6-16(7-9-32)22-29-23(37-30-22)18-3-2-17-11-20-4-5-21(12-19(17)10-18)24(20)13-33(14-25(26,27)28)38(35,36)31-24/h2-3,10,16,20-21,31H,4-9,11-14H2,1H3/t20-,21+,24+/m0/s1. The maximum atomic E-state index is 13.1. The molecule has 3 fully saturated rings. The van der Waals surface area contributed by atoms with Crippen LogP contribution >= 0.6 is 0 Å². The van der Waals surface area contributed by atoms with Gasteiger partial charge in [-0.3, -0.25) is 4.79 Å². The number of piperidine rings is 1. The molecule has 1 saturated carbocycles. The molecule has 6 rings (SSSR count). The molecule has 1 aromatic heterocycles. The van der Waals surface area contributed by atoms with Gasteiger partial charge in [0.25, 0.3) is 16.1 Å². The Hall–Kier alpha value is -2.51. The lowest BCUT2D eigenvalue weighted by Crippen LogP contribution is -2.52. The van der Waals surface area contributed by atoms with Gasteiger partial charge < -0.3 is 9.42 Å². The van der Waals surface area contributed by atoms with Crippen molar-refractivity contribution in [3.05, 3.63) is 35.2 Å². The number of aromatic nitrogens is 2. The summed E-state index contributed by atoms with van der Waals surface area (Å²) in [6, 6.07) is 5.90. The molecule has 2 aliphatic heterocycles. The van der Waals surface area contributed by atoms with Crippen LogP contribution in [-0.2, 0) is 27.8 Å². The minimum absolute atomic E-state index is 0.0659. The number of carbonyl (C=O) groups excluding carboxylic acids is 1.